The largest absolute Gasteiger partial charge is 0.478 e. The lowest BCUT2D eigenvalue weighted by atomic mass is 9.99. The summed E-state index contributed by atoms with van der Waals surface area (Å²) in [6, 6.07) is 4.94. The first kappa shape index (κ1) is 15.4. The number of hydrogen-bond donors (Lipinski definition) is 2. The molecule has 0 aliphatic heterocycles. The minimum absolute atomic E-state index is 0.177. The molecule has 1 heterocycles. The third-order valence-corrected chi connectivity index (χ3v) is 4.01. The van der Waals surface area contributed by atoms with Gasteiger partial charge in [0.2, 0.25) is 0 Å². The molecule has 1 aromatic carbocycles. The van der Waals surface area contributed by atoms with Crippen molar-refractivity contribution in [2.24, 2.45) is 5.92 Å². The zero-order valence-corrected chi connectivity index (χ0v) is 12.6. The number of rotatable bonds is 7. The number of carboxylic acid groups (broad SMARTS) is 1. The van der Waals surface area contributed by atoms with Gasteiger partial charge >= 0.3 is 11.7 Å². The van der Waals surface area contributed by atoms with Crippen molar-refractivity contribution in [1.29, 1.82) is 0 Å². The maximum absolute atomic E-state index is 12.2. The lowest BCUT2D eigenvalue weighted by molar-refractivity contribution is 0.0698. The maximum Gasteiger partial charge on any atom is 0.337 e. The molecular formula is C16H22N2O3. The van der Waals surface area contributed by atoms with Gasteiger partial charge < -0.3 is 10.1 Å². The zero-order valence-electron chi connectivity index (χ0n) is 12.6. The smallest absolute Gasteiger partial charge is 0.337 e. The van der Waals surface area contributed by atoms with Crippen LogP contribution in [0.2, 0.25) is 0 Å². The Morgan fingerprint density at radius 2 is 2.14 bits per heavy atom. The Morgan fingerprint density at radius 1 is 1.38 bits per heavy atom. The molecule has 0 fully saturated rings. The van der Waals surface area contributed by atoms with Crippen molar-refractivity contribution < 1.29 is 9.90 Å². The summed E-state index contributed by atoms with van der Waals surface area (Å²) in [5.74, 6) is -0.613. The van der Waals surface area contributed by atoms with Gasteiger partial charge in [0.05, 0.1) is 16.6 Å². The lowest BCUT2D eigenvalue weighted by Crippen LogP contribution is -2.22. The average molecular weight is 290 g/mol. The molecule has 2 aromatic rings. The van der Waals surface area contributed by atoms with E-state index in [4.69, 9.17) is 0 Å². The molecule has 5 nitrogen and oxygen atoms in total. The van der Waals surface area contributed by atoms with Crippen LogP contribution < -0.4 is 5.69 Å². The van der Waals surface area contributed by atoms with Crippen molar-refractivity contribution in [3.05, 3.63) is 34.2 Å². The summed E-state index contributed by atoms with van der Waals surface area (Å²) in [5.41, 5.74) is 1.04. The third-order valence-electron chi connectivity index (χ3n) is 4.01. The van der Waals surface area contributed by atoms with Crippen molar-refractivity contribution in [2.75, 3.05) is 0 Å². The van der Waals surface area contributed by atoms with E-state index in [0.717, 1.165) is 25.7 Å². The van der Waals surface area contributed by atoms with Gasteiger partial charge in [-0.3, -0.25) is 4.57 Å². The molecule has 0 saturated heterocycles. The number of carbonyl (C=O) groups is 1. The second-order valence-corrected chi connectivity index (χ2v) is 5.46. The molecule has 0 aliphatic carbocycles. The van der Waals surface area contributed by atoms with E-state index in [9.17, 15) is 14.7 Å². The quantitative estimate of drug-likeness (QED) is 0.822. The first-order valence-electron chi connectivity index (χ1n) is 7.53. The van der Waals surface area contributed by atoms with E-state index in [1.54, 1.807) is 22.8 Å². The number of unbranched alkanes of at least 4 members (excludes halogenated alkanes) is 1. The van der Waals surface area contributed by atoms with Crippen molar-refractivity contribution in [1.82, 2.24) is 9.55 Å². The van der Waals surface area contributed by atoms with Crippen LogP contribution in [0.15, 0.2) is 23.0 Å². The molecule has 0 bridgehead atoms. The normalized spacial score (nSPS) is 12.7. The van der Waals surface area contributed by atoms with Crippen LogP contribution >= 0.6 is 0 Å². The highest BCUT2D eigenvalue weighted by atomic mass is 16.4. The number of imidazole rings is 1. The molecular weight excluding hydrogens is 268 g/mol. The number of fused-ring (bicyclic) bond motifs is 1. The van der Waals surface area contributed by atoms with Crippen LogP contribution in [-0.4, -0.2) is 20.6 Å². The molecule has 1 unspecified atom stereocenters. The number of para-hydroxylation sites is 1. The van der Waals surface area contributed by atoms with E-state index >= 15 is 0 Å². The van der Waals surface area contributed by atoms with Gasteiger partial charge in [0.1, 0.15) is 0 Å². The van der Waals surface area contributed by atoms with Crippen molar-refractivity contribution in [2.45, 2.75) is 46.1 Å². The highest BCUT2D eigenvalue weighted by Crippen LogP contribution is 2.20. The second kappa shape index (κ2) is 6.61. The molecule has 0 radical (unpaired) electrons. The van der Waals surface area contributed by atoms with E-state index in [-0.39, 0.29) is 11.3 Å². The topological polar surface area (TPSA) is 75.1 Å². The first-order valence-corrected chi connectivity index (χ1v) is 7.53. The summed E-state index contributed by atoms with van der Waals surface area (Å²) >= 11 is 0. The molecule has 114 valence electrons. The lowest BCUT2D eigenvalue weighted by Gasteiger charge is -2.15. The van der Waals surface area contributed by atoms with Gasteiger partial charge in [-0.05, 0) is 24.5 Å². The summed E-state index contributed by atoms with van der Waals surface area (Å²) in [4.78, 5) is 26.3. The SMILES string of the molecule is CCCCC(CC)Cn1c(=O)[nH]c2cccc(C(=O)O)c21. The van der Waals surface area contributed by atoms with Gasteiger partial charge in [0.25, 0.3) is 0 Å². The Kier molecular flexibility index (Phi) is 4.83. The van der Waals surface area contributed by atoms with E-state index in [2.05, 4.69) is 18.8 Å². The molecule has 5 heteroatoms. The molecule has 0 aliphatic rings. The molecule has 0 saturated carbocycles. The van der Waals surface area contributed by atoms with Crippen LogP contribution in [0.5, 0.6) is 0 Å². The van der Waals surface area contributed by atoms with E-state index in [1.165, 1.54) is 0 Å². The summed E-state index contributed by atoms with van der Waals surface area (Å²) in [6.45, 7) is 4.82. The van der Waals surface area contributed by atoms with E-state index in [1.807, 2.05) is 0 Å². The first-order chi connectivity index (χ1) is 10.1. The number of nitrogens with one attached hydrogen (secondary N) is 1. The van der Waals surface area contributed by atoms with Crippen molar-refractivity contribution in [3.63, 3.8) is 0 Å². The number of nitrogens with zero attached hydrogens (tertiary/aromatic N) is 1. The van der Waals surface area contributed by atoms with Gasteiger partial charge in [-0.1, -0.05) is 39.2 Å². The Labute approximate surface area is 123 Å². The Hall–Kier alpha value is -2.04. The third kappa shape index (κ3) is 3.17. The minimum Gasteiger partial charge on any atom is -0.478 e. The van der Waals surface area contributed by atoms with Gasteiger partial charge in [0, 0.05) is 6.54 Å². The van der Waals surface area contributed by atoms with Crippen LogP contribution in [0.25, 0.3) is 11.0 Å². The predicted molar refractivity (Wildman–Crippen MR) is 82.8 cm³/mol. The predicted octanol–water partition coefficient (Wildman–Crippen LogP) is 3.24. The summed E-state index contributed by atoms with van der Waals surface area (Å²) in [5, 5.41) is 9.32. The van der Waals surface area contributed by atoms with Gasteiger partial charge in [0.15, 0.2) is 0 Å². The number of hydrogen-bond acceptors (Lipinski definition) is 2. The summed E-state index contributed by atoms with van der Waals surface area (Å²) < 4.78 is 1.59. The molecule has 0 amide bonds. The molecule has 1 aromatic heterocycles. The van der Waals surface area contributed by atoms with Crippen LogP contribution in [0.3, 0.4) is 0 Å². The molecule has 21 heavy (non-hydrogen) atoms. The number of benzene rings is 1. The molecule has 2 N–H and O–H groups in total. The molecule has 0 spiro atoms. The van der Waals surface area contributed by atoms with Crippen molar-refractivity contribution in [3.8, 4) is 0 Å². The number of aromatic amines is 1. The number of carboxylic acids is 1. The van der Waals surface area contributed by atoms with Crippen LogP contribution in [-0.2, 0) is 6.54 Å². The molecule has 2 rings (SSSR count). The fourth-order valence-electron chi connectivity index (χ4n) is 2.74. The minimum atomic E-state index is -1.00. The highest BCUT2D eigenvalue weighted by Gasteiger charge is 2.17. The monoisotopic (exact) mass is 290 g/mol. The van der Waals surface area contributed by atoms with E-state index in [0.29, 0.717) is 23.5 Å². The molecule has 1 atom stereocenters. The fourth-order valence-corrected chi connectivity index (χ4v) is 2.74. The summed E-state index contributed by atoms with van der Waals surface area (Å²) in [6.07, 6.45) is 4.29. The van der Waals surface area contributed by atoms with Gasteiger partial charge in [-0.2, -0.15) is 0 Å². The number of H-pyrrole nitrogens is 1. The Bertz CT molecular complexity index is 684. The average Bonchev–Trinajstić information content (AvgIpc) is 2.78. The Balaban J connectivity index is 2.45. The Morgan fingerprint density at radius 3 is 2.76 bits per heavy atom. The number of aromatic carboxylic acids is 1. The van der Waals surface area contributed by atoms with E-state index < -0.39 is 5.97 Å². The highest BCUT2D eigenvalue weighted by molar-refractivity contribution is 6.01. The standard InChI is InChI=1S/C16H22N2O3/c1-3-5-7-11(4-2)10-18-14-12(15(19)20)8-6-9-13(14)17-16(18)21/h6,8-9,11H,3-5,7,10H2,1-2H3,(H,17,21)(H,19,20). The number of aromatic nitrogens is 2. The van der Waals surface area contributed by atoms with Crippen LogP contribution in [0, 0.1) is 5.92 Å². The summed E-state index contributed by atoms with van der Waals surface area (Å²) in [7, 11) is 0. The second-order valence-electron chi connectivity index (χ2n) is 5.46. The zero-order chi connectivity index (χ0) is 15.4. The van der Waals surface area contributed by atoms with Crippen molar-refractivity contribution >= 4 is 17.0 Å². The van der Waals surface area contributed by atoms with Gasteiger partial charge in [-0.15, -0.1) is 0 Å². The maximum atomic E-state index is 12.2. The van der Waals surface area contributed by atoms with Crippen LogP contribution in [0.1, 0.15) is 49.9 Å². The van der Waals surface area contributed by atoms with Gasteiger partial charge in [-0.25, -0.2) is 9.59 Å². The fraction of sp³-hybridized carbons (Fsp3) is 0.500. The van der Waals surface area contributed by atoms with Crippen LogP contribution in [0.4, 0.5) is 0 Å².